The molecule has 3 aromatic rings. The van der Waals surface area contributed by atoms with Crippen LogP contribution in [-0.4, -0.2) is 27.1 Å². The van der Waals surface area contributed by atoms with E-state index < -0.39 is 40.8 Å². The lowest BCUT2D eigenvalue weighted by molar-refractivity contribution is -0.138. The molecule has 1 atom stereocenters. The third-order valence-electron chi connectivity index (χ3n) is 4.55. The molecule has 0 bridgehead atoms. The Labute approximate surface area is 180 Å². The zero-order valence-electron chi connectivity index (χ0n) is 16.5. The Kier molecular flexibility index (Phi) is 6.40. The highest BCUT2D eigenvalue weighted by Gasteiger charge is 2.32. The van der Waals surface area contributed by atoms with Crippen LogP contribution in [0.3, 0.4) is 0 Å². The first kappa shape index (κ1) is 22.4. The number of rotatable bonds is 6. The number of ether oxygens (including phenoxy) is 1. The molecule has 1 amide bonds. The van der Waals surface area contributed by atoms with Crippen molar-refractivity contribution in [2.24, 2.45) is 7.05 Å². The van der Waals surface area contributed by atoms with Gasteiger partial charge in [-0.05, 0) is 23.8 Å². The number of hydrogen-bond donors (Lipinski definition) is 1. The molecule has 0 aliphatic rings. The van der Waals surface area contributed by atoms with Crippen molar-refractivity contribution in [2.75, 3.05) is 7.11 Å². The fourth-order valence-corrected chi connectivity index (χ4v) is 3.21. The SMILES string of the molecule is COc1ccc([C@@H](NC(=O)Cn2cc(C(F)(F)F)cc(Cl)c2=O)c2nccn2C)cc1. The van der Waals surface area contributed by atoms with Crippen LogP contribution >= 0.6 is 11.6 Å². The second-order valence-corrected chi connectivity index (χ2v) is 7.08. The fourth-order valence-electron chi connectivity index (χ4n) is 2.98. The van der Waals surface area contributed by atoms with E-state index in [1.54, 1.807) is 48.3 Å². The third-order valence-corrected chi connectivity index (χ3v) is 4.83. The molecule has 0 saturated carbocycles. The van der Waals surface area contributed by atoms with Crippen molar-refractivity contribution >= 4 is 17.5 Å². The van der Waals surface area contributed by atoms with E-state index in [0.717, 1.165) is 0 Å². The fraction of sp³-hybridized carbons (Fsp3) is 0.250. The van der Waals surface area contributed by atoms with Crippen molar-refractivity contribution in [3.05, 3.63) is 81.3 Å². The molecule has 0 radical (unpaired) electrons. The predicted octanol–water partition coefficient (Wildman–Crippen LogP) is 3.17. The van der Waals surface area contributed by atoms with Crippen LogP contribution in [-0.2, 0) is 24.6 Å². The Morgan fingerprint density at radius 1 is 1.29 bits per heavy atom. The van der Waals surface area contributed by atoms with Gasteiger partial charge in [0.1, 0.15) is 29.2 Å². The third kappa shape index (κ3) is 5.08. The minimum atomic E-state index is -4.71. The second-order valence-electron chi connectivity index (χ2n) is 6.68. The van der Waals surface area contributed by atoms with Gasteiger partial charge in [0.2, 0.25) is 5.91 Å². The quantitative estimate of drug-likeness (QED) is 0.620. The van der Waals surface area contributed by atoms with Gasteiger partial charge in [-0.3, -0.25) is 9.59 Å². The molecule has 31 heavy (non-hydrogen) atoms. The number of nitrogens with zero attached hydrogens (tertiary/aromatic N) is 3. The molecule has 0 spiro atoms. The maximum atomic E-state index is 13.0. The molecular weight excluding hydrogens is 437 g/mol. The number of alkyl halides is 3. The minimum Gasteiger partial charge on any atom is -0.497 e. The molecule has 0 unspecified atom stereocenters. The molecule has 2 heterocycles. The summed E-state index contributed by atoms with van der Waals surface area (Å²) in [6.07, 6.45) is -0.907. The summed E-state index contributed by atoms with van der Waals surface area (Å²) in [5, 5.41) is 2.09. The van der Waals surface area contributed by atoms with Crippen molar-refractivity contribution in [3.8, 4) is 5.75 Å². The summed E-state index contributed by atoms with van der Waals surface area (Å²) in [5.41, 5.74) is -1.36. The van der Waals surface area contributed by atoms with Crippen molar-refractivity contribution < 1.29 is 22.7 Å². The minimum absolute atomic E-state index is 0.493. The topological polar surface area (TPSA) is 78.2 Å². The Morgan fingerprint density at radius 3 is 2.52 bits per heavy atom. The summed E-state index contributed by atoms with van der Waals surface area (Å²) in [6, 6.07) is 6.68. The summed E-state index contributed by atoms with van der Waals surface area (Å²) in [7, 11) is 3.26. The molecule has 0 aliphatic carbocycles. The largest absolute Gasteiger partial charge is 0.497 e. The Bertz CT molecular complexity index is 1140. The number of nitrogens with one attached hydrogen (secondary N) is 1. The van der Waals surface area contributed by atoms with Gasteiger partial charge in [-0.2, -0.15) is 13.2 Å². The number of hydrogen-bond acceptors (Lipinski definition) is 4. The zero-order valence-corrected chi connectivity index (χ0v) is 17.2. The van der Waals surface area contributed by atoms with E-state index in [1.807, 2.05) is 0 Å². The second kappa shape index (κ2) is 8.84. The number of halogens is 4. The van der Waals surface area contributed by atoms with Gasteiger partial charge in [-0.25, -0.2) is 4.98 Å². The summed E-state index contributed by atoms with van der Waals surface area (Å²) in [5.74, 6) is 0.410. The van der Waals surface area contributed by atoms with Gasteiger partial charge < -0.3 is 19.2 Å². The first-order chi connectivity index (χ1) is 14.6. The molecule has 1 aromatic carbocycles. The smallest absolute Gasteiger partial charge is 0.417 e. The first-order valence-corrected chi connectivity index (χ1v) is 9.35. The van der Waals surface area contributed by atoms with Crippen LogP contribution in [0.1, 0.15) is 23.0 Å². The number of benzene rings is 1. The van der Waals surface area contributed by atoms with Crippen molar-refractivity contribution in [1.29, 1.82) is 0 Å². The number of methoxy groups -OCH3 is 1. The molecule has 0 saturated heterocycles. The number of carbonyl (C=O) groups is 1. The van der Waals surface area contributed by atoms with Gasteiger partial charge >= 0.3 is 6.18 Å². The van der Waals surface area contributed by atoms with Gasteiger partial charge in [0.15, 0.2) is 0 Å². The van der Waals surface area contributed by atoms with Crippen LogP contribution in [0.25, 0.3) is 0 Å². The number of aryl methyl sites for hydroxylation is 1. The van der Waals surface area contributed by atoms with Crippen LogP contribution in [0.15, 0.2) is 53.7 Å². The van der Waals surface area contributed by atoms with Crippen LogP contribution < -0.4 is 15.6 Å². The maximum Gasteiger partial charge on any atom is 0.417 e. The molecular formula is C20H18ClF3N4O3. The summed E-state index contributed by atoms with van der Waals surface area (Å²) in [4.78, 5) is 29.1. The Morgan fingerprint density at radius 2 is 1.97 bits per heavy atom. The summed E-state index contributed by atoms with van der Waals surface area (Å²) < 4.78 is 46.6. The zero-order chi connectivity index (χ0) is 22.8. The highest BCUT2D eigenvalue weighted by Crippen LogP contribution is 2.29. The normalized spacial score (nSPS) is 12.5. The predicted molar refractivity (Wildman–Crippen MR) is 107 cm³/mol. The molecule has 0 aliphatic heterocycles. The Balaban J connectivity index is 1.90. The van der Waals surface area contributed by atoms with E-state index in [4.69, 9.17) is 16.3 Å². The molecule has 3 rings (SSSR count). The number of aromatic nitrogens is 3. The highest BCUT2D eigenvalue weighted by atomic mass is 35.5. The lowest BCUT2D eigenvalue weighted by atomic mass is 10.1. The average molecular weight is 455 g/mol. The molecule has 11 heteroatoms. The molecule has 1 N–H and O–H groups in total. The molecule has 0 fully saturated rings. The van der Waals surface area contributed by atoms with E-state index in [1.165, 1.54) is 7.11 Å². The van der Waals surface area contributed by atoms with Crippen LogP contribution in [0.2, 0.25) is 5.02 Å². The highest BCUT2D eigenvalue weighted by molar-refractivity contribution is 6.30. The lowest BCUT2D eigenvalue weighted by Gasteiger charge is -2.20. The van der Waals surface area contributed by atoms with E-state index >= 15 is 0 Å². The van der Waals surface area contributed by atoms with E-state index in [2.05, 4.69) is 10.3 Å². The lowest BCUT2D eigenvalue weighted by Crippen LogP contribution is -2.36. The number of amides is 1. The molecule has 2 aromatic heterocycles. The Hall–Kier alpha value is -3.27. The van der Waals surface area contributed by atoms with Gasteiger partial charge in [-0.1, -0.05) is 23.7 Å². The number of carbonyl (C=O) groups excluding carboxylic acids is 1. The number of imidazole rings is 1. The van der Waals surface area contributed by atoms with Crippen LogP contribution in [0.5, 0.6) is 5.75 Å². The average Bonchev–Trinajstić information content (AvgIpc) is 3.14. The summed E-state index contributed by atoms with van der Waals surface area (Å²) in [6.45, 7) is -0.653. The standard InChI is InChI=1S/C20H18ClF3N4O3/c1-27-8-7-25-18(27)17(12-3-5-14(31-2)6-4-12)26-16(29)11-28-10-13(20(22,23)24)9-15(21)19(28)30/h3-10,17H,11H2,1-2H3,(H,26,29)/t17-/m1/s1. The van der Waals surface area contributed by atoms with E-state index in [-0.39, 0.29) is 0 Å². The maximum absolute atomic E-state index is 13.0. The van der Waals surface area contributed by atoms with Crippen molar-refractivity contribution in [3.63, 3.8) is 0 Å². The van der Waals surface area contributed by atoms with Crippen molar-refractivity contribution in [2.45, 2.75) is 18.8 Å². The van der Waals surface area contributed by atoms with Gasteiger partial charge in [-0.15, -0.1) is 0 Å². The van der Waals surface area contributed by atoms with Gasteiger partial charge in [0.25, 0.3) is 5.56 Å². The van der Waals surface area contributed by atoms with Crippen LogP contribution in [0.4, 0.5) is 13.2 Å². The van der Waals surface area contributed by atoms with Crippen LogP contribution in [0, 0.1) is 0 Å². The van der Waals surface area contributed by atoms with Gasteiger partial charge in [0.05, 0.1) is 12.7 Å². The first-order valence-electron chi connectivity index (χ1n) is 8.98. The van der Waals surface area contributed by atoms with Crippen molar-refractivity contribution in [1.82, 2.24) is 19.4 Å². The van der Waals surface area contributed by atoms with Gasteiger partial charge in [0, 0.05) is 25.6 Å². The molecule has 164 valence electrons. The molecule has 7 nitrogen and oxygen atoms in total. The monoisotopic (exact) mass is 454 g/mol. The number of pyridine rings is 1. The van der Waals surface area contributed by atoms with E-state index in [9.17, 15) is 22.8 Å². The summed E-state index contributed by atoms with van der Waals surface area (Å²) >= 11 is 5.65. The van der Waals surface area contributed by atoms with E-state index in [0.29, 0.717) is 34.0 Å².